The number of carbonyl (C=O) groups is 1. The third-order valence-electron chi connectivity index (χ3n) is 3.55. The molecule has 0 aromatic heterocycles. The molecule has 1 saturated carbocycles. The molecule has 0 heterocycles. The van der Waals surface area contributed by atoms with Crippen LogP contribution >= 0.6 is 0 Å². The largest absolute Gasteiger partial charge is 0.344 e. The molecule has 0 radical (unpaired) electrons. The van der Waals surface area contributed by atoms with Crippen LogP contribution in [0.5, 0.6) is 0 Å². The van der Waals surface area contributed by atoms with Crippen LogP contribution in [0, 0.1) is 5.41 Å². The molecule has 0 atom stereocenters. The summed E-state index contributed by atoms with van der Waals surface area (Å²) in [5.74, 6) is 0.0109. The molecule has 100 valence electrons. The first kappa shape index (κ1) is 14.4. The normalized spacial score (nSPS) is 19.2. The molecule has 2 N–H and O–H groups in total. The maximum atomic E-state index is 12.3. The third-order valence-corrected chi connectivity index (χ3v) is 4.47. The van der Waals surface area contributed by atoms with Gasteiger partial charge in [-0.25, -0.2) is 8.42 Å². The molecular weight excluding hydrogens is 240 g/mol. The fourth-order valence-corrected chi connectivity index (χ4v) is 2.97. The molecule has 5 nitrogen and oxygen atoms in total. The first-order chi connectivity index (χ1) is 7.81. The quantitative estimate of drug-likeness (QED) is 0.756. The van der Waals surface area contributed by atoms with Gasteiger partial charge in [0.25, 0.3) is 0 Å². The van der Waals surface area contributed by atoms with E-state index >= 15 is 0 Å². The number of nitrogens with zero attached hydrogens (tertiary/aromatic N) is 1. The summed E-state index contributed by atoms with van der Waals surface area (Å²) >= 11 is 0. The molecule has 1 aliphatic carbocycles. The van der Waals surface area contributed by atoms with Crippen molar-refractivity contribution in [1.82, 2.24) is 4.90 Å². The lowest BCUT2D eigenvalue weighted by Gasteiger charge is -2.31. The predicted octanol–water partition coefficient (Wildman–Crippen LogP) is 0.00850. The molecule has 0 unspecified atom stereocenters. The van der Waals surface area contributed by atoms with Gasteiger partial charge >= 0.3 is 0 Å². The number of amides is 1. The van der Waals surface area contributed by atoms with E-state index < -0.39 is 15.3 Å². The molecular formula is C11H22N2O3S. The van der Waals surface area contributed by atoms with Gasteiger partial charge in [0.05, 0.1) is 11.2 Å². The highest BCUT2D eigenvalue weighted by Crippen LogP contribution is 2.38. The van der Waals surface area contributed by atoms with Crippen LogP contribution in [0.15, 0.2) is 0 Å². The summed E-state index contributed by atoms with van der Waals surface area (Å²) in [5.41, 5.74) is 5.29. The number of rotatable bonds is 5. The van der Waals surface area contributed by atoms with Gasteiger partial charge in [-0.2, -0.15) is 0 Å². The van der Waals surface area contributed by atoms with Gasteiger partial charge in [0.2, 0.25) is 5.91 Å². The minimum Gasteiger partial charge on any atom is -0.344 e. The Bertz CT molecular complexity index is 372. The molecule has 0 bridgehead atoms. The van der Waals surface area contributed by atoms with Crippen LogP contribution in [0.4, 0.5) is 0 Å². The Balaban J connectivity index is 2.62. The van der Waals surface area contributed by atoms with E-state index in [1.165, 1.54) is 11.2 Å². The Morgan fingerprint density at radius 1 is 1.35 bits per heavy atom. The van der Waals surface area contributed by atoms with Crippen molar-refractivity contribution < 1.29 is 13.2 Å². The second-order valence-corrected chi connectivity index (χ2v) is 7.31. The molecule has 0 aliphatic heterocycles. The lowest BCUT2D eigenvalue weighted by atomic mass is 9.85. The lowest BCUT2D eigenvalue weighted by molar-refractivity contribution is -0.139. The van der Waals surface area contributed by atoms with Crippen molar-refractivity contribution in [2.45, 2.75) is 25.7 Å². The summed E-state index contributed by atoms with van der Waals surface area (Å²) in [7, 11) is -1.37. The van der Waals surface area contributed by atoms with E-state index in [1.807, 2.05) is 0 Å². The Morgan fingerprint density at radius 3 is 2.29 bits per heavy atom. The van der Waals surface area contributed by atoms with Crippen LogP contribution in [0.3, 0.4) is 0 Å². The molecule has 0 spiro atoms. The van der Waals surface area contributed by atoms with Crippen LogP contribution in [0.25, 0.3) is 0 Å². The maximum Gasteiger partial charge on any atom is 0.229 e. The zero-order valence-corrected chi connectivity index (χ0v) is 11.4. The standard InChI is InChI=1S/C11H22N2O3S/c1-13(7-8-17(2,15)16)10(14)11(9-12)5-3-4-6-11/h3-9,12H2,1-2H3. The van der Waals surface area contributed by atoms with Gasteiger partial charge in [-0.3, -0.25) is 4.79 Å². The molecule has 1 amide bonds. The van der Waals surface area contributed by atoms with Crippen LogP contribution in [0.1, 0.15) is 25.7 Å². The van der Waals surface area contributed by atoms with E-state index in [2.05, 4.69) is 0 Å². The summed E-state index contributed by atoms with van der Waals surface area (Å²) in [6.45, 7) is 0.606. The average molecular weight is 262 g/mol. The first-order valence-electron chi connectivity index (χ1n) is 5.94. The minimum atomic E-state index is -3.03. The number of sulfone groups is 1. The zero-order chi connectivity index (χ0) is 13.1. The van der Waals surface area contributed by atoms with E-state index in [9.17, 15) is 13.2 Å². The molecule has 1 fully saturated rings. The van der Waals surface area contributed by atoms with Crippen molar-refractivity contribution in [2.75, 3.05) is 32.1 Å². The molecule has 0 aromatic rings. The molecule has 17 heavy (non-hydrogen) atoms. The maximum absolute atomic E-state index is 12.3. The van der Waals surface area contributed by atoms with E-state index in [-0.39, 0.29) is 18.2 Å². The van der Waals surface area contributed by atoms with Gasteiger partial charge in [-0.15, -0.1) is 0 Å². The number of hydrogen-bond acceptors (Lipinski definition) is 4. The van der Waals surface area contributed by atoms with Gasteiger partial charge in [0.15, 0.2) is 0 Å². The van der Waals surface area contributed by atoms with Crippen LogP contribution in [-0.4, -0.2) is 51.4 Å². The van der Waals surface area contributed by atoms with Crippen molar-refractivity contribution >= 4 is 15.7 Å². The van der Waals surface area contributed by atoms with Gasteiger partial charge in [0, 0.05) is 26.4 Å². The minimum absolute atomic E-state index is 0.00106. The van der Waals surface area contributed by atoms with Crippen LogP contribution in [-0.2, 0) is 14.6 Å². The number of carbonyl (C=O) groups excluding carboxylic acids is 1. The second kappa shape index (κ2) is 5.35. The summed E-state index contributed by atoms with van der Waals surface area (Å²) in [4.78, 5) is 13.8. The average Bonchev–Trinajstić information content (AvgIpc) is 2.73. The predicted molar refractivity (Wildman–Crippen MR) is 67.3 cm³/mol. The summed E-state index contributed by atoms with van der Waals surface area (Å²) in [5, 5.41) is 0. The van der Waals surface area contributed by atoms with Crippen molar-refractivity contribution in [1.29, 1.82) is 0 Å². The van der Waals surface area contributed by atoms with Gasteiger partial charge < -0.3 is 10.6 Å². The topological polar surface area (TPSA) is 80.5 Å². The summed E-state index contributed by atoms with van der Waals surface area (Å²) in [6.07, 6.45) is 4.89. The van der Waals surface area contributed by atoms with E-state index in [0.717, 1.165) is 25.7 Å². The highest BCUT2D eigenvalue weighted by atomic mass is 32.2. The summed E-state index contributed by atoms with van der Waals surface area (Å²) < 4.78 is 22.1. The number of nitrogens with two attached hydrogens (primary N) is 1. The van der Waals surface area contributed by atoms with Crippen molar-refractivity contribution in [2.24, 2.45) is 11.1 Å². The molecule has 0 saturated heterocycles. The Kier molecular flexibility index (Phi) is 4.55. The first-order valence-corrected chi connectivity index (χ1v) is 8.00. The SMILES string of the molecule is CN(CCS(C)(=O)=O)C(=O)C1(CN)CCCC1. The third kappa shape index (κ3) is 3.67. The molecule has 1 aliphatic rings. The highest BCUT2D eigenvalue weighted by molar-refractivity contribution is 7.90. The Hall–Kier alpha value is -0.620. The highest BCUT2D eigenvalue weighted by Gasteiger charge is 2.41. The van der Waals surface area contributed by atoms with E-state index in [0.29, 0.717) is 6.54 Å². The zero-order valence-electron chi connectivity index (χ0n) is 10.6. The summed E-state index contributed by atoms with van der Waals surface area (Å²) in [6, 6.07) is 0. The molecule has 0 aromatic carbocycles. The molecule has 6 heteroatoms. The van der Waals surface area contributed by atoms with Gasteiger partial charge in [-0.05, 0) is 12.8 Å². The second-order valence-electron chi connectivity index (χ2n) is 5.05. The van der Waals surface area contributed by atoms with Crippen molar-refractivity contribution in [3.8, 4) is 0 Å². The van der Waals surface area contributed by atoms with Crippen LogP contribution in [0.2, 0.25) is 0 Å². The van der Waals surface area contributed by atoms with E-state index in [1.54, 1.807) is 7.05 Å². The van der Waals surface area contributed by atoms with Crippen molar-refractivity contribution in [3.63, 3.8) is 0 Å². The Labute approximate surface area is 103 Å². The van der Waals surface area contributed by atoms with Gasteiger partial charge in [0.1, 0.15) is 9.84 Å². The number of hydrogen-bond donors (Lipinski definition) is 1. The molecule has 1 rings (SSSR count). The monoisotopic (exact) mass is 262 g/mol. The fraction of sp³-hybridized carbons (Fsp3) is 0.909. The van der Waals surface area contributed by atoms with Crippen molar-refractivity contribution in [3.05, 3.63) is 0 Å². The lowest BCUT2D eigenvalue weighted by Crippen LogP contribution is -2.46. The fourth-order valence-electron chi connectivity index (χ4n) is 2.37. The van der Waals surface area contributed by atoms with Gasteiger partial charge in [-0.1, -0.05) is 12.8 Å². The smallest absolute Gasteiger partial charge is 0.229 e. The Morgan fingerprint density at radius 2 is 1.88 bits per heavy atom. The van der Waals surface area contributed by atoms with E-state index in [4.69, 9.17) is 5.73 Å². The van der Waals surface area contributed by atoms with Crippen LogP contribution < -0.4 is 5.73 Å².